The van der Waals surface area contributed by atoms with Gasteiger partial charge in [0.15, 0.2) is 11.8 Å². The molecule has 8 nitrogen and oxygen atoms in total. The first-order chi connectivity index (χ1) is 11.5. The molecule has 0 saturated heterocycles. The van der Waals surface area contributed by atoms with Crippen LogP contribution in [0.5, 0.6) is 0 Å². The minimum Gasteiger partial charge on any atom is -0.377 e. The second-order valence-corrected chi connectivity index (χ2v) is 6.60. The molecule has 0 radical (unpaired) electrons. The van der Waals surface area contributed by atoms with Gasteiger partial charge in [-0.05, 0) is 27.2 Å². The Morgan fingerprint density at radius 2 is 2.16 bits per heavy atom. The third kappa shape index (κ3) is 6.70. The molecule has 1 atom stereocenters. The van der Waals surface area contributed by atoms with Crippen molar-refractivity contribution < 1.29 is 9.47 Å². The molecule has 0 saturated carbocycles. The predicted octanol–water partition coefficient (Wildman–Crippen LogP) is 1.34. The van der Waals surface area contributed by atoms with Gasteiger partial charge in [-0.3, -0.25) is 4.99 Å². The minimum absolute atomic E-state index is 0. The molecule has 0 aromatic carbocycles. The van der Waals surface area contributed by atoms with E-state index in [-0.39, 0.29) is 35.6 Å². The monoisotopic (exact) mass is 466 g/mol. The predicted molar refractivity (Wildman–Crippen MR) is 108 cm³/mol. The van der Waals surface area contributed by atoms with E-state index in [9.17, 15) is 0 Å². The number of halogens is 1. The van der Waals surface area contributed by atoms with Crippen molar-refractivity contribution in [2.24, 2.45) is 4.99 Å². The van der Waals surface area contributed by atoms with Crippen molar-refractivity contribution in [2.75, 3.05) is 27.3 Å². The second kappa shape index (κ2) is 10.3. The van der Waals surface area contributed by atoms with Gasteiger partial charge in [-0.25, -0.2) is 9.67 Å². The van der Waals surface area contributed by atoms with Gasteiger partial charge in [0.1, 0.15) is 12.4 Å². The number of fused-ring (bicyclic) bond motifs is 1. The van der Waals surface area contributed by atoms with Crippen LogP contribution in [0.3, 0.4) is 0 Å². The summed E-state index contributed by atoms with van der Waals surface area (Å²) < 4.78 is 12.5. The lowest BCUT2D eigenvalue weighted by molar-refractivity contribution is 0.0310. The second-order valence-electron chi connectivity index (χ2n) is 6.60. The van der Waals surface area contributed by atoms with Crippen LogP contribution >= 0.6 is 24.0 Å². The molecule has 1 aromatic rings. The molecule has 25 heavy (non-hydrogen) atoms. The highest BCUT2D eigenvalue weighted by molar-refractivity contribution is 14.0. The first-order valence-corrected chi connectivity index (χ1v) is 8.49. The molecule has 1 aliphatic rings. The Bertz CT molecular complexity index is 561. The molecule has 1 aliphatic heterocycles. The van der Waals surface area contributed by atoms with E-state index in [0.717, 1.165) is 43.5 Å². The summed E-state index contributed by atoms with van der Waals surface area (Å²) in [6, 6.07) is 0.276. The summed E-state index contributed by atoms with van der Waals surface area (Å²) in [4.78, 5) is 9.15. The number of aromatic nitrogens is 3. The van der Waals surface area contributed by atoms with E-state index in [1.54, 1.807) is 14.2 Å². The molecule has 9 heteroatoms. The Balaban J connectivity index is 0.00000312. The summed E-state index contributed by atoms with van der Waals surface area (Å²) in [5, 5.41) is 11.3. The molecule has 0 spiro atoms. The lowest BCUT2D eigenvalue weighted by Crippen LogP contribution is -2.47. The topological polar surface area (TPSA) is 85.6 Å². The van der Waals surface area contributed by atoms with Crippen LogP contribution < -0.4 is 10.6 Å². The van der Waals surface area contributed by atoms with Crippen molar-refractivity contribution in [2.45, 2.75) is 58.4 Å². The number of hydrogen-bond acceptors (Lipinski definition) is 5. The Morgan fingerprint density at radius 1 is 1.40 bits per heavy atom. The van der Waals surface area contributed by atoms with Crippen LogP contribution in [-0.4, -0.2) is 59.7 Å². The smallest absolute Gasteiger partial charge is 0.191 e. The third-order valence-electron chi connectivity index (χ3n) is 4.03. The third-order valence-corrected chi connectivity index (χ3v) is 4.03. The lowest BCUT2D eigenvalue weighted by atomic mass is 10.1. The SMILES string of the molecule is CCNC(=NCC(C)(C)OC)NC1CCc2nc(COC)nn2C1.I. The van der Waals surface area contributed by atoms with E-state index in [0.29, 0.717) is 13.2 Å². The Kier molecular flexibility index (Phi) is 9.08. The number of hydrogen-bond donors (Lipinski definition) is 2. The maximum atomic E-state index is 5.43. The average molecular weight is 466 g/mol. The number of aryl methyl sites for hydroxylation is 1. The number of guanidine groups is 1. The van der Waals surface area contributed by atoms with E-state index in [1.807, 2.05) is 18.5 Å². The van der Waals surface area contributed by atoms with Crippen LogP contribution in [0.25, 0.3) is 0 Å². The highest BCUT2D eigenvalue weighted by atomic mass is 127. The van der Waals surface area contributed by atoms with Gasteiger partial charge in [-0.1, -0.05) is 0 Å². The fourth-order valence-electron chi connectivity index (χ4n) is 2.52. The van der Waals surface area contributed by atoms with Crippen molar-refractivity contribution in [1.29, 1.82) is 0 Å². The van der Waals surface area contributed by atoms with Crippen molar-refractivity contribution in [1.82, 2.24) is 25.4 Å². The van der Waals surface area contributed by atoms with E-state index < -0.39 is 0 Å². The van der Waals surface area contributed by atoms with Crippen LogP contribution in [0.15, 0.2) is 4.99 Å². The molecule has 144 valence electrons. The maximum Gasteiger partial charge on any atom is 0.191 e. The van der Waals surface area contributed by atoms with Gasteiger partial charge in [-0.15, -0.1) is 24.0 Å². The summed E-state index contributed by atoms with van der Waals surface area (Å²) in [5.74, 6) is 2.59. The number of nitrogens with one attached hydrogen (secondary N) is 2. The molecular formula is C16H31IN6O2. The van der Waals surface area contributed by atoms with Crippen LogP contribution in [-0.2, 0) is 29.0 Å². The summed E-state index contributed by atoms with van der Waals surface area (Å²) in [5.41, 5.74) is -0.275. The Hall–Kier alpha value is -0.940. The first-order valence-electron chi connectivity index (χ1n) is 8.49. The molecule has 0 bridgehead atoms. The first kappa shape index (κ1) is 22.1. The summed E-state index contributed by atoms with van der Waals surface area (Å²) in [6.07, 6.45) is 1.90. The van der Waals surface area contributed by atoms with Crippen molar-refractivity contribution >= 4 is 29.9 Å². The van der Waals surface area contributed by atoms with Gasteiger partial charge < -0.3 is 20.1 Å². The van der Waals surface area contributed by atoms with Gasteiger partial charge in [0.25, 0.3) is 0 Å². The fourth-order valence-corrected chi connectivity index (χ4v) is 2.52. The standard InChI is InChI=1S/C16H30N6O2.HI/c1-6-17-15(18-11-16(2,3)24-5)19-12-7-8-14-20-13(10-23-4)21-22(14)9-12;/h12H,6-11H2,1-5H3,(H2,17,18,19);1H. The molecular weight excluding hydrogens is 435 g/mol. The van der Waals surface area contributed by atoms with E-state index in [2.05, 4.69) is 32.6 Å². The number of ether oxygens (including phenoxy) is 2. The van der Waals surface area contributed by atoms with Crippen molar-refractivity contribution in [3.8, 4) is 0 Å². The maximum absolute atomic E-state index is 5.43. The molecule has 1 aromatic heterocycles. The summed E-state index contributed by atoms with van der Waals surface area (Å²) in [6.45, 7) is 8.76. The normalized spacial score (nSPS) is 17.6. The highest BCUT2D eigenvalue weighted by Crippen LogP contribution is 2.13. The van der Waals surface area contributed by atoms with Gasteiger partial charge in [0.05, 0.1) is 18.7 Å². The Morgan fingerprint density at radius 3 is 2.80 bits per heavy atom. The van der Waals surface area contributed by atoms with Gasteiger partial charge in [0, 0.05) is 33.2 Å². The van der Waals surface area contributed by atoms with Crippen LogP contribution in [0, 0.1) is 0 Å². The minimum atomic E-state index is -0.275. The van der Waals surface area contributed by atoms with E-state index >= 15 is 0 Å². The summed E-state index contributed by atoms with van der Waals surface area (Å²) in [7, 11) is 3.37. The molecule has 2 rings (SSSR count). The number of methoxy groups -OCH3 is 2. The van der Waals surface area contributed by atoms with Crippen LogP contribution in [0.1, 0.15) is 38.8 Å². The Labute approximate surface area is 167 Å². The van der Waals surface area contributed by atoms with Gasteiger partial charge in [-0.2, -0.15) is 5.10 Å². The molecule has 0 aliphatic carbocycles. The molecule has 0 amide bonds. The fraction of sp³-hybridized carbons (Fsp3) is 0.812. The molecule has 2 N–H and O–H groups in total. The quantitative estimate of drug-likeness (QED) is 0.359. The van der Waals surface area contributed by atoms with Gasteiger partial charge in [0.2, 0.25) is 0 Å². The number of aliphatic imine (C=N–C) groups is 1. The average Bonchev–Trinajstić information content (AvgIpc) is 2.95. The zero-order chi connectivity index (χ0) is 17.6. The molecule has 2 heterocycles. The molecule has 1 unspecified atom stereocenters. The van der Waals surface area contributed by atoms with Crippen LogP contribution in [0.2, 0.25) is 0 Å². The number of rotatable bonds is 7. The highest BCUT2D eigenvalue weighted by Gasteiger charge is 2.23. The van der Waals surface area contributed by atoms with Crippen LogP contribution in [0.4, 0.5) is 0 Å². The van der Waals surface area contributed by atoms with Crippen molar-refractivity contribution in [3.05, 3.63) is 11.6 Å². The molecule has 0 fully saturated rings. The van der Waals surface area contributed by atoms with E-state index in [4.69, 9.17) is 9.47 Å². The zero-order valence-corrected chi connectivity index (χ0v) is 18.2. The lowest BCUT2D eigenvalue weighted by Gasteiger charge is -2.26. The number of nitrogens with zero attached hydrogens (tertiary/aromatic N) is 4. The van der Waals surface area contributed by atoms with E-state index in [1.165, 1.54) is 0 Å². The van der Waals surface area contributed by atoms with Crippen molar-refractivity contribution in [3.63, 3.8) is 0 Å². The summed E-state index contributed by atoms with van der Waals surface area (Å²) >= 11 is 0. The largest absolute Gasteiger partial charge is 0.377 e. The zero-order valence-electron chi connectivity index (χ0n) is 15.8. The van der Waals surface area contributed by atoms with Gasteiger partial charge >= 0.3 is 0 Å².